The predicted molar refractivity (Wildman–Crippen MR) is 20.9 cm³/mol. The molecule has 0 rings (SSSR count). The van der Waals surface area contributed by atoms with E-state index < -0.39 is 0 Å². The average Bonchev–Trinajstić information content (AvgIpc) is 1.61. The van der Waals surface area contributed by atoms with Gasteiger partial charge in [-0.25, -0.2) is 0 Å². The first-order chi connectivity index (χ1) is 2.91. The Morgan fingerprint density at radius 3 is 2.29 bits per heavy atom. The van der Waals surface area contributed by atoms with E-state index in [2.05, 4.69) is 27.3 Å². The molecule has 7 heavy (non-hydrogen) atoms. The Hall–Kier alpha value is 0.782. The van der Waals surface area contributed by atoms with Crippen molar-refractivity contribution in [1.29, 1.82) is 0 Å². The van der Waals surface area contributed by atoms with Crippen molar-refractivity contribution in [3.63, 3.8) is 0 Å². The third-order valence-electron chi connectivity index (χ3n) is 0.581. The molecule has 0 amide bonds. The second-order valence-electron chi connectivity index (χ2n) is 1.18. The van der Waals surface area contributed by atoms with Crippen molar-refractivity contribution in [2.45, 2.75) is 19.8 Å². The van der Waals surface area contributed by atoms with Crippen LogP contribution in [0.4, 0.5) is 0 Å². The summed E-state index contributed by atoms with van der Waals surface area (Å²) in [6, 6.07) is 0. The number of halogens is 1. The van der Waals surface area contributed by atoms with Gasteiger partial charge in [0, 0.05) is 0 Å². The largest absolute Gasteiger partial charge is 1.00 e. The van der Waals surface area contributed by atoms with E-state index in [1.165, 1.54) is 6.42 Å². The van der Waals surface area contributed by atoms with E-state index in [0.29, 0.717) is 0 Å². The SMILES string of the molecule is CCCC[O][Cr+].[Cl-]. The molecule has 3 heteroatoms. The zero-order valence-electron chi connectivity index (χ0n) is 4.32. The molecule has 0 heterocycles. The fourth-order valence-corrected chi connectivity index (χ4v) is 0.387. The monoisotopic (exact) mass is 160 g/mol. The van der Waals surface area contributed by atoms with Gasteiger partial charge >= 0.3 is 46.8 Å². The Labute approximate surface area is 59.6 Å². The number of hydrogen-bond acceptors (Lipinski definition) is 1. The number of rotatable bonds is 3. The molecular formula is C4H9ClCrO. The van der Waals surface area contributed by atoms with Crippen molar-refractivity contribution in [2.75, 3.05) is 6.61 Å². The van der Waals surface area contributed by atoms with Gasteiger partial charge in [0.05, 0.1) is 0 Å². The fraction of sp³-hybridized carbons (Fsp3) is 1.00. The minimum atomic E-state index is 0. The van der Waals surface area contributed by atoms with E-state index in [-0.39, 0.29) is 12.4 Å². The van der Waals surface area contributed by atoms with Crippen molar-refractivity contribution >= 4 is 0 Å². The molecule has 0 fully saturated rings. The van der Waals surface area contributed by atoms with Gasteiger partial charge < -0.3 is 12.4 Å². The topological polar surface area (TPSA) is 9.23 Å². The van der Waals surface area contributed by atoms with Crippen LogP contribution >= 0.6 is 0 Å². The van der Waals surface area contributed by atoms with Gasteiger partial charge in [0.1, 0.15) is 0 Å². The van der Waals surface area contributed by atoms with Crippen molar-refractivity contribution in [1.82, 2.24) is 0 Å². The molecule has 0 atom stereocenters. The summed E-state index contributed by atoms with van der Waals surface area (Å²) >= 11 is 2.48. The Balaban J connectivity index is 0. The summed E-state index contributed by atoms with van der Waals surface area (Å²) in [6.45, 7) is 3.00. The van der Waals surface area contributed by atoms with Gasteiger partial charge in [0.25, 0.3) is 0 Å². The Morgan fingerprint density at radius 1 is 1.57 bits per heavy atom. The van der Waals surface area contributed by atoms with Crippen LogP contribution in [0.2, 0.25) is 0 Å². The first kappa shape index (κ1) is 10.7. The van der Waals surface area contributed by atoms with Crippen LogP contribution in [0.5, 0.6) is 0 Å². The van der Waals surface area contributed by atoms with Crippen LogP contribution < -0.4 is 12.4 Å². The summed E-state index contributed by atoms with van der Waals surface area (Å²) in [5.74, 6) is 0. The molecule has 0 bridgehead atoms. The molecule has 0 aliphatic rings. The molecule has 0 aliphatic heterocycles. The fourth-order valence-electron chi connectivity index (χ4n) is 0.203. The smallest absolute Gasteiger partial charge is 1.00 e. The van der Waals surface area contributed by atoms with E-state index in [0.717, 1.165) is 13.0 Å². The van der Waals surface area contributed by atoms with Crippen molar-refractivity contribution in [3.05, 3.63) is 0 Å². The molecule has 0 aromatic heterocycles. The maximum atomic E-state index is 4.66. The van der Waals surface area contributed by atoms with Crippen molar-refractivity contribution in [2.24, 2.45) is 0 Å². The van der Waals surface area contributed by atoms with Crippen molar-refractivity contribution in [3.8, 4) is 0 Å². The van der Waals surface area contributed by atoms with Crippen LogP contribution in [0.15, 0.2) is 0 Å². The summed E-state index contributed by atoms with van der Waals surface area (Å²) in [4.78, 5) is 0. The molecule has 0 radical (unpaired) electrons. The van der Waals surface area contributed by atoms with Gasteiger partial charge in [0.2, 0.25) is 0 Å². The molecule has 0 aromatic carbocycles. The maximum Gasteiger partial charge on any atom is -1.00 e. The molecular weight excluding hydrogens is 151 g/mol. The summed E-state index contributed by atoms with van der Waals surface area (Å²) < 4.78 is 4.66. The van der Waals surface area contributed by atoms with E-state index in [4.69, 9.17) is 0 Å². The predicted octanol–water partition coefficient (Wildman–Crippen LogP) is -1.73. The van der Waals surface area contributed by atoms with E-state index in [9.17, 15) is 0 Å². The summed E-state index contributed by atoms with van der Waals surface area (Å²) in [5.41, 5.74) is 0. The zero-order chi connectivity index (χ0) is 4.83. The average molecular weight is 161 g/mol. The normalized spacial score (nSPS) is 7.57. The first-order valence-electron chi connectivity index (χ1n) is 2.16. The van der Waals surface area contributed by atoms with Crippen LogP contribution in [0, 0.1) is 0 Å². The molecule has 0 unspecified atom stereocenters. The second kappa shape index (κ2) is 9.92. The second-order valence-corrected chi connectivity index (χ2v) is 1.54. The summed E-state index contributed by atoms with van der Waals surface area (Å²) in [6.07, 6.45) is 2.37. The van der Waals surface area contributed by atoms with Gasteiger partial charge in [-0.05, 0) is 0 Å². The van der Waals surface area contributed by atoms with E-state index in [1.54, 1.807) is 0 Å². The number of unbranched alkanes of at least 4 members (excludes halogenated alkanes) is 1. The van der Waals surface area contributed by atoms with Crippen molar-refractivity contribution < 1.29 is 32.8 Å². The zero-order valence-corrected chi connectivity index (χ0v) is 6.35. The maximum absolute atomic E-state index is 4.66. The van der Waals surface area contributed by atoms with Crippen LogP contribution in [-0.4, -0.2) is 6.61 Å². The van der Waals surface area contributed by atoms with E-state index >= 15 is 0 Å². The van der Waals surface area contributed by atoms with Crippen LogP contribution in [0.3, 0.4) is 0 Å². The third-order valence-corrected chi connectivity index (χ3v) is 0.841. The standard InChI is InChI=1S/C4H9O.ClH.Cr/c1-2-3-4-5;;/h2-4H2,1H3;1H;/q-1;;+2/p-1. The van der Waals surface area contributed by atoms with Gasteiger partial charge in [-0.2, -0.15) is 0 Å². The van der Waals surface area contributed by atoms with Gasteiger partial charge in [0.15, 0.2) is 0 Å². The van der Waals surface area contributed by atoms with Crippen LogP contribution in [-0.2, 0) is 20.4 Å². The van der Waals surface area contributed by atoms with Gasteiger partial charge in [-0.15, -0.1) is 0 Å². The van der Waals surface area contributed by atoms with Crippen LogP contribution in [0.25, 0.3) is 0 Å². The Kier molecular flexibility index (Phi) is 15.2. The Bertz CT molecular complexity index is 23.7. The third kappa shape index (κ3) is 10.8. The minimum Gasteiger partial charge on any atom is -1.00 e. The molecule has 0 aliphatic carbocycles. The van der Waals surface area contributed by atoms with E-state index in [1.807, 2.05) is 0 Å². The summed E-state index contributed by atoms with van der Waals surface area (Å²) in [7, 11) is 0. The van der Waals surface area contributed by atoms with Crippen LogP contribution in [0.1, 0.15) is 19.8 Å². The molecule has 0 N–H and O–H groups in total. The number of hydrogen-bond donors (Lipinski definition) is 0. The molecule has 0 spiro atoms. The molecule has 0 aromatic rings. The molecule has 44 valence electrons. The van der Waals surface area contributed by atoms with Gasteiger partial charge in [-0.3, -0.25) is 0 Å². The molecule has 0 saturated carbocycles. The first-order valence-corrected chi connectivity index (χ1v) is 2.68. The molecule has 1 nitrogen and oxygen atoms in total. The molecule has 0 saturated heterocycles. The summed E-state index contributed by atoms with van der Waals surface area (Å²) in [5, 5.41) is 0. The Morgan fingerprint density at radius 2 is 2.14 bits per heavy atom. The van der Waals surface area contributed by atoms with Gasteiger partial charge in [-0.1, -0.05) is 0 Å². The quantitative estimate of drug-likeness (QED) is 0.446. The minimum absolute atomic E-state index is 0.